The Hall–Kier alpha value is -1.87. The van der Waals surface area contributed by atoms with Crippen LogP contribution in [0.1, 0.15) is 40.5 Å². The molecule has 130 valence electrons. The number of aromatic nitrogens is 2. The Kier molecular flexibility index (Phi) is 6.38. The molecule has 0 aliphatic heterocycles. The van der Waals surface area contributed by atoms with Gasteiger partial charge in [0.15, 0.2) is 0 Å². The summed E-state index contributed by atoms with van der Waals surface area (Å²) in [5, 5.41) is 11.3. The SMILES string of the molecule is CCOC(=O)c1c(NC(=O)CSc2nnc(CC)o2)sc(C)c1C. The average Bonchev–Trinajstić information content (AvgIpc) is 3.11. The van der Waals surface area contributed by atoms with Crippen LogP contribution in [0.5, 0.6) is 0 Å². The highest BCUT2D eigenvalue weighted by atomic mass is 32.2. The molecule has 2 aromatic heterocycles. The smallest absolute Gasteiger partial charge is 0.341 e. The summed E-state index contributed by atoms with van der Waals surface area (Å²) in [5.74, 6) is -0.0225. The molecule has 2 aromatic rings. The second-order valence-electron chi connectivity index (χ2n) is 4.86. The fourth-order valence-electron chi connectivity index (χ4n) is 1.89. The van der Waals surface area contributed by atoms with Gasteiger partial charge < -0.3 is 14.5 Å². The van der Waals surface area contributed by atoms with Gasteiger partial charge in [-0.2, -0.15) is 0 Å². The lowest BCUT2D eigenvalue weighted by atomic mass is 10.1. The van der Waals surface area contributed by atoms with Gasteiger partial charge in [0.25, 0.3) is 5.22 Å². The molecule has 0 unspecified atom stereocenters. The molecule has 2 rings (SSSR count). The van der Waals surface area contributed by atoms with Crippen molar-refractivity contribution in [2.45, 2.75) is 39.3 Å². The number of carbonyl (C=O) groups is 2. The number of rotatable bonds is 7. The van der Waals surface area contributed by atoms with Crippen molar-refractivity contribution in [3.63, 3.8) is 0 Å². The molecule has 0 atom stereocenters. The van der Waals surface area contributed by atoms with Crippen molar-refractivity contribution in [2.24, 2.45) is 0 Å². The van der Waals surface area contributed by atoms with Gasteiger partial charge in [-0.05, 0) is 26.3 Å². The molecule has 0 aliphatic carbocycles. The average molecular weight is 369 g/mol. The third-order valence-corrected chi connectivity index (χ3v) is 5.14. The summed E-state index contributed by atoms with van der Waals surface area (Å²) in [6.07, 6.45) is 0.649. The number of hydrogen-bond donors (Lipinski definition) is 1. The Bertz CT molecular complexity index is 739. The summed E-state index contributed by atoms with van der Waals surface area (Å²) in [7, 11) is 0. The van der Waals surface area contributed by atoms with Gasteiger partial charge in [-0.25, -0.2) is 4.79 Å². The van der Waals surface area contributed by atoms with Crippen molar-refractivity contribution in [3.05, 3.63) is 21.9 Å². The van der Waals surface area contributed by atoms with Gasteiger partial charge >= 0.3 is 5.97 Å². The van der Waals surface area contributed by atoms with Crippen LogP contribution >= 0.6 is 23.1 Å². The van der Waals surface area contributed by atoms with E-state index in [1.807, 2.05) is 20.8 Å². The number of anilines is 1. The Balaban J connectivity index is 2.03. The molecule has 1 amide bonds. The number of amides is 1. The number of thiophene rings is 1. The number of aryl methyl sites for hydroxylation is 2. The fraction of sp³-hybridized carbons (Fsp3) is 0.467. The van der Waals surface area contributed by atoms with E-state index in [4.69, 9.17) is 9.15 Å². The van der Waals surface area contributed by atoms with Crippen molar-refractivity contribution in [1.82, 2.24) is 10.2 Å². The summed E-state index contributed by atoms with van der Waals surface area (Å²) in [5.41, 5.74) is 1.25. The minimum Gasteiger partial charge on any atom is -0.462 e. The standard InChI is InChI=1S/C15H19N3O4S2/c1-5-11-17-18-15(22-11)23-7-10(19)16-13-12(14(20)21-6-2)8(3)9(4)24-13/h5-7H2,1-4H3,(H,16,19). The van der Waals surface area contributed by atoms with E-state index in [0.717, 1.165) is 22.2 Å². The molecule has 0 saturated carbocycles. The predicted octanol–water partition coefficient (Wildman–Crippen LogP) is 3.22. The van der Waals surface area contributed by atoms with Gasteiger partial charge in [0.1, 0.15) is 5.00 Å². The van der Waals surface area contributed by atoms with E-state index < -0.39 is 5.97 Å². The van der Waals surface area contributed by atoms with Crippen molar-refractivity contribution in [2.75, 3.05) is 17.7 Å². The number of esters is 1. The molecule has 0 spiro atoms. The minimum absolute atomic E-state index is 0.115. The van der Waals surface area contributed by atoms with Crippen molar-refractivity contribution < 1.29 is 18.7 Å². The Labute approximate surface area is 148 Å². The van der Waals surface area contributed by atoms with Gasteiger partial charge in [0, 0.05) is 11.3 Å². The zero-order chi connectivity index (χ0) is 17.7. The second kappa shape index (κ2) is 8.29. The molecule has 0 saturated heterocycles. The largest absolute Gasteiger partial charge is 0.462 e. The molecule has 1 N–H and O–H groups in total. The molecule has 7 nitrogen and oxygen atoms in total. The number of hydrogen-bond acceptors (Lipinski definition) is 8. The number of nitrogens with zero attached hydrogens (tertiary/aromatic N) is 2. The van der Waals surface area contributed by atoms with E-state index in [2.05, 4.69) is 15.5 Å². The van der Waals surface area contributed by atoms with Crippen LogP contribution in [0, 0.1) is 13.8 Å². The maximum absolute atomic E-state index is 12.1. The maximum atomic E-state index is 12.1. The van der Waals surface area contributed by atoms with Crippen LogP contribution in [0.3, 0.4) is 0 Å². The Morgan fingerprint density at radius 3 is 2.67 bits per heavy atom. The molecular weight excluding hydrogens is 350 g/mol. The third kappa shape index (κ3) is 4.35. The lowest BCUT2D eigenvalue weighted by Crippen LogP contribution is -2.16. The quantitative estimate of drug-likeness (QED) is 0.591. The van der Waals surface area contributed by atoms with Crippen LogP contribution < -0.4 is 5.32 Å². The normalized spacial score (nSPS) is 10.7. The Morgan fingerprint density at radius 1 is 1.29 bits per heavy atom. The summed E-state index contributed by atoms with van der Waals surface area (Å²) in [6, 6.07) is 0. The monoisotopic (exact) mass is 369 g/mol. The molecule has 0 fully saturated rings. The molecule has 24 heavy (non-hydrogen) atoms. The number of ether oxygens (including phenoxy) is 1. The summed E-state index contributed by atoms with van der Waals surface area (Å²) in [6.45, 7) is 7.68. The van der Waals surface area contributed by atoms with Crippen LogP contribution in [0.15, 0.2) is 9.64 Å². The van der Waals surface area contributed by atoms with E-state index in [0.29, 0.717) is 28.1 Å². The summed E-state index contributed by atoms with van der Waals surface area (Å²) >= 11 is 2.52. The molecule has 0 aromatic carbocycles. The van der Waals surface area contributed by atoms with Gasteiger partial charge in [-0.1, -0.05) is 18.7 Å². The second-order valence-corrected chi connectivity index (χ2v) is 7.01. The van der Waals surface area contributed by atoms with Crippen molar-refractivity contribution >= 4 is 40.0 Å². The third-order valence-electron chi connectivity index (χ3n) is 3.20. The highest BCUT2D eigenvalue weighted by Gasteiger charge is 2.22. The highest BCUT2D eigenvalue weighted by Crippen LogP contribution is 2.33. The van der Waals surface area contributed by atoms with Gasteiger partial charge in [-0.3, -0.25) is 4.79 Å². The van der Waals surface area contributed by atoms with Crippen LogP contribution in [0.2, 0.25) is 0 Å². The highest BCUT2D eigenvalue weighted by molar-refractivity contribution is 7.99. The van der Waals surface area contributed by atoms with E-state index in [1.54, 1.807) is 6.92 Å². The lowest BCUT2D eigenvalue weighted by Gasteiger charge is -2.06. The van der Waals surface area contributed by atoms with E-state index in [1.165, 1.54) is 11.3 Å². The van der Waals surface area contributed by atoms with Gasteiger partial charge in [0.05, 0.1) is 17.9 Å². The van der Waals surface area contributed by atoms with E-state index in [9.17, 15) is 9.59 Å². The summed E-state index contributed by atoms with van der Waals surface area (Å²) < 4.78 is 10.4. The van der Waals surface area contributed by atoms with Crippen LogP contribution in [-0.2, 0) is 16.0 Å². The summed E-state index contributed by atoms with van der Waals surface area (Å²) in [4.78, 5) is 25.2. The first kappa shape index (κ1) is 18.5. The van der Waals surface area contributed by atoms with Crippen LogP contribution in [0.25, 0.3) is 0 Å². The first-order valence-electron chi connectivity index (χ1n) is 7.48. The number of thioether (sulfide) groups is 1. The molecule has 0 bridgehead atoms. The molecular formula is C15H19N3O4S2. The maximum Gasteiger partial charge on any atom is 0.341 e. The molecule has 0 radical (unpaired) electrons. The first-order chi connectivity index (χ1) is 11.5. The zero-order valence-electron chi connectivity index (χ0n) is 14.0. The van der Waals surface area contributed by atoms with Crippen LogP contribution in [0.4, 0.5) is 5.00 Å². The van der Waals surface area contributed by atoms with E-state index in [-0.39, 0.29) is 18.3 Å². The topological polar surface area (TPSA) is 94.3 Å². The molecule has 2 heterocycles. The minimum atomic E-state index is -0.424. The van der Waals surface area contributed by atoms with Crippen molar-refractivity contribution in [1.29, 1.82) is 0 Å². The van der Waals surface area contributed by atoms with Gasteiger partial charge in [0.2, 0.25) is 11.8 Å². The lowest BCUT2D eigenvalue weighted by molar-refractivity contribution is -0.113. The van der Waals surface area contributed by atoms with Gasteiger partial charge in [-0.15, -0.1) is 21.5 Å². The first-order valence-corrected chi connectivity index (χ1v) is 9.28. The van der Waals surface area contributed by atoms with Crippen molar-refractivity contribution in [3.8, 4) is 0 Å². The fourth-order valence-corrected chi connectivity index (χ4v) is 3.54. The molecule has 0 aliphatic rings. The Morgan fingerprint density at radius 2 is 2.04 bits per heavy atom. The molecule has 9 heteroatoms. The van der Waals surface area contributed by atoms with E-state index >= 15 is 0 Å². The number of nitrogens with one attached hydrogen (secondary N) is 1. The number of carbonyl (C=O) groups excluding carboxylic acids is 2. The van der Waals surface area contributed by atoms with Crippen LogP contribution in [-0.4, -0.2) is 34.4 Å². The predicted molar refractivity (Wildman–Crippen MR) is 92.8 cm³/mol. The zero-order valence-corrected chi connectivity index (χ0v) is 15.6.